The van der Waals surface area contributed by atoms with Gasteiger partial charge in [-0.25, -0.2) is 0 Å². The molecule has 1 aliphatic heterocycles. The van der Waals surface area contributed by atoms with Crippen molar-refractivity contribution in [2.24, 2.45) is 0 Å². The summed E-state index contributed by atoms with van der Waals surface area (Å²) in [7, 11) is 1.65. The van der Waals surface area contributed by atoms with E-state index in [1.54, 1.807) is 7.11 Å². The van der Waals surface area contributed by atoms with Crippen LogP contribution in [0.3, 0.4) is 0 Å². The molecule has 2 aromatic carbocycles. The van der Waals surface area contributed by atoms with Gasteiger partial charge in [0.05, 0.1) is 13.7 Å². The van der Waals surface area contributed by atoms with Crippen LogP contribution in [0.25, 0.3) is 11.5 Å². The van der Waals surface area contributed by atoms with Gasteiger partial charge in [-0.15, -0.1) is 10.2 Å². The van der Waals surface area contributed by atoms with Crippen molar-refractivity contribution in [3.63, 3.8) is 0 Å². The second-order valence-electron chi connectivity index (χ2n) is 7.27. The molecular weight excluding hydrogens is 352 g/mol. The molecule has 0 amide bonds. The van der Waals surface area contributed by atoms with Crippen molar-refractivity contribution in [1.29, 1.82) is 0 Å². The van der Waals surface area contributed by atoms with E-state index >= 15 is 0 Å². The molecule has 1 saturated heterocycles. The molecule has 6 nitrogen and oxygen atoms in total. The maximum atomic E-state index is 5.86. The molecule has 1 aliphatic rings. The van der Waals surface area contributed by atoms with E-state index in [0.717, 1.165) is 44.0 Å². The van der Waals surface area contributed by atoms with Crippen LogP contribution in [0.2, 0.25) is 0 Å². The largest absolute Gasteiger partial charge is 0.497 e. The van der Waals surface area contributed by atoms with E-state index in [1.165, 1.54) is 11.1 Å². The molecule has 0 radical (unpaired) electrons. The molecule has 0 N–H and O–H groups in total. The van der Waals surface area contributed by atoms with E-state index in [2.05, 4.69) is 51.2 Å². The van der Waals surface area contributed by atoms with Crippen LogP contribution >= 0.6 is 0 Å². The first-order valence-corrected chi connectivity index (χ1v) is 9.67. The molecule has 3 aromatic rings. The van der Waals surface area contributed by atoms with Gasteiger partial charge in [-0.1, -0.05) is 29.8 Å². The third-order valence-electron chi connectivity index (χ3n) is 5.12. The Morgan fingerprint density at radius 3 is 2.32 bits per heavy atom. The highest BCUT2D eigenvalue weighted by molar-refractivity contribution is 5.53. The maximum Gasteiger partial charge on any atom is 0.247 e. The summed E-state index contributed by atoms with van der Waals surface area (Å²) in [6, 6.07) is 16.4. The van der Waals surface area contributed by atoms with Crippen LogP contribution in [0, 0.1) is 6.92 Å². The van der Waals surface area contributed by atoms with Gasteiger partial charge in [0.15, 0.2) is 0 Å². The lowest BCUT2D eigenvalue weighted by molar-refractivity contribution is 0.114. The molecule has 28 heavy (non-hydrogen) atoms. The van der Waals surface area contributed by atoms with E-state index in [4.69, 9.17) is 9.15 Å². The van der Waals surface area contributed by atoms with E-state index in [1.807, 2.05) is 24.3 Å². The zero-order valence-electron chi connectivity index (χ0n) is 16.5. The number of rotatable bonds is 6. The first-order valence-electron chi connectivity index (χ1n) is 9.67. The Hall–Kier alpha value is -2.70. The molecule has 1 aromatic heterocycles. The summed E-state index contributed by atoms with van der Waals surface area (Å²) in [5, 5.41) is 8.41. The lowest BCUT2D eigenvalue weighted by Crippen LogP contribution is -2.45. The van der Waals surface area contributed by atoms with Gasteiger partial charge in [0.1, 0.15) is 5.75 Å². The van der Waals surface area contributed by atoms with Gasteiger partial charge >= 0.3 is 0 Å². The normalized spacial score (nSPS) is 15.6. The number of methoxy groups -OCH3 is 1. The van der Waals surface area contributed by atoms with Gasteiger partial charge in [-0.3, -0.25) is 9.80 Å². The van der Waals surface area contributed by atoms with Crippen LogP contribution in [0.15, 0.2) is 52.9 Å². The number of ether oxygens (including phenoxy) is 1. The number of piperazine rings is 1. The van der Waals surface area contributed by atoms with Gasteiger partial charge in [-0.05, 0) is 36.8 Å². The number of aromatic nitrogens is 2. The fourth-order valence-electron chi connectivity index (χ4n) is 3.53. The zero-order chi connectivity index (χ0) is 19.3. The smallest absolute Gasteiger partial charge is 0.247 e. The molecule has 1 fully saturated rings. The Morgan fingerprint density at radius 2 is 1.64 bits per heavy atom. The fourth-order valence-corrected chi connectivity index (χ4v) is 3.53. The highest BCUT2D eigenvalue weighted by atomic mass is 16.5. The molecule has 2 heterocycles. The quantitative estimate of drug-likeness (QED) is 0.656. The van der Waals surface area contributed by atoms with Crippen LogP contribution in [-0.2, 0) is 13.1 Å². The van der Waals surface area contributed by atoms with Crippen molar-refractivity contribution >= 4 is 0 Å². The van der Waals surface area contributed by atoms with E-state index < -0.39 is 0 Å². The number of benzene rings is 2. The van der Waals surface area contributed by atoms with Crippen LogP contribution in [-0.4, -0.2) is 53.3 Å². The fraction of sp³-hybridized carbons (Fsp3) is 0.364. The number of aryl methyl sites for hydroxylation is 1. The van der Waals surface area contributed by atoms with Crippen molar-refractivity contribution in [3.05, 3.63) is 65.5 Å². The zero-order valence-corrected chi connectivity index (χ0v) is 16.5. The summed E-state index contributed by atoms with van der Waals surface area (Å²) in [5.74, 6) is 2.03. The van der Waals surface area contributed by atoms with E-state index in [9.17, 15) is 0 Å². The maximum absolute atomic E-state index is 5.86. The Bertz CT molecular complexity index is 899. The summed E-state index contributed by atoms with van der Waals surface area (Å²) in [4.78, 5) is 4.87. The second-order valence-corrected chi connectivity index (χ2v) is 7.27. The Labute approximate surface area is 165 Å². The van der Waals surface area contributed by atoms with Gasteiger partial charge in [0, 0.05) is 38.3 Å². The molecule has 0 unspecified atom stereocenters. The van der Waals surface area contributed by atoms with Crippen molar-refractivity contribution in [1.82, 2.24) is 20.0 Å². The monoisotopic (exact) mass is 378 g/mol. The Kier molecular flexibility index (Phi) is 5.69. The van der Waals surface area contributed by atoms with E-state index in [0.29, 0.717) is 18.3 Å². The van der Waals surface area contributed by atoms with Gasteiger partial charge < -0.3 is 9.15 Å². The molecule has 0 aliphatic carbocycles. The second kappa shape index (κ2) is 8.54. The molecule has 0 atom stereocenters. The van der Waals surface area contributed by atoms with Crippen molar-refractivity contribution in [3.8, 4) is 17.2 Å². The first kappa shape index (κ1) is 18.7. The average Bonchev–Trinajstić information content (AvgIpc) is 3.18. The summed E-state index contributed by atoms with van der Waals surface area (Å²) < 4.78 is 11.0. The molecule has 0 saturated carbocycles. The van der Waals surface area contributed by atoms with Crippen LogP contribution in [0.5, 0.6) is 5.75 Å². The minimum absolute atomic E-state index is 0.552. The van der Waals surface area contributed by atoms with Crippen molar-refractivity contribution in [2.45, 2.75) is 20.0 Å². The molecule has 0 bridgehead atoms. The molecule has 146 valence electrons. The number of hydrogen-bond donors (Lipinski definition) is 0. The lowest BCUT2D eigenvalue weighted by Gasteiger charge is -2.34. The summed E-state index contributed by atoms with van der Waals surface area (Å²) >= 11 is 0. The summed E-state index contributed by atoms with van der Waals surface area (Å²) in [6.07, 6.45) is 0. The molecule has 4 rings (SSSR count). The molecule has 0 spiro atoms. The van der Waals surface area contributed by atoms with Crippen LogP contribution in [0.1, 0.15) is 17.0 Å². The average molecular weight is 378 g/mol. The van der Waals surface area contributed by atoms with Gasteiger partial charge in [-0.2, -0.15) is 0 Å². The molecular formula is C22H26N4O2. The minimum Gasteiger partial charge on any atom is -0.497 e. The summed E-state index contributed by atoms with van der Waals surface area (Å²) in [6.45, 7) is 7.96. The van der Waals surface area contributed by atoms with Gasteiger partial charge in [0.2, 0.25) is 11.8 Å². The highest BCUT2D eigenvalue weighted by Gasteiger charge is 2.19. The summed E-state index contributed by atoms with van der Waals surface area (Å²) in [5.41, 5.74) is 3.61. The topological polar surface area (TPSA) is 54.6 Å². The number of hydrogen-bond acceptors (Lipinski definition) is 6. The first-order chi connectivity index (χ1) is 13.7. The lowest BCUT2D eigenvalue weighted by atomic mass is 10.1. The predicted molar refractivity (Wildman–Crippen MR) is 108 cm³/mol. The van der Waals surface area contributed by atoms with Gasteiger partial charge in [0.25, 0.3) is 0 Å². The third kappa shape index (κ3) is 4.58. The Morgan fingerprint density at radius 1 is 0.929 bits per heavy atom. The number of nitrogens with zero attached hydrogens (tertiary/aromatic N) is 4. The Balaban J connectivity index is 1.29. The van der Waals surface area contributed by atoms with E-state index in [-0.39, 0.29) is 0 Å². The minimum atomic E-state index is 0.552. The highest BCUT2D eigenvalue weighted by Crippen LogP contribution is 2.21. The van der Waals surface area contributed by atoms with Crippen LogP contribution in [0.4, 0.5) is 0 Å². The van der Waals surface area contributed by atoms with Crippen molar-refractivity contribution in [2.75, 3.05) is 33.3 Å². The SMILES string of the molecule is COc1ccc(-c2nnc(CN3CCN(Cc4cccc(C)c4)CC3)o2)cc1. The standard InChI is InChI=1S/C22H26N4O2/c1-17-4-3-5-18(14-17)15-25-10-12-26(13-11-25)16-21-23-24-22(28-21)19-6-8-20(27-2)9-7-19/h3-9,14H,10-13,15-16H2,1-2H3. The molecule has 6 heteroatoms. The third-order valence-corrected chi connectivity index (χ3v) is 5.12. The van der Waals surface area contributed by atoms with Crippen LogP contribution < -0.4 is 4.74 Å². The predicted octanol–water partition coefficient (Wildman–Crippen LogP) is 3.37. The van der Waals surface area contributed by atoms with Crippen molar-refractivity contribution < 1.29 is 9.15 Å².